The monoisotopic (exact) mass is 433 g/mol. The van der Waals surface area contributed by atoms with Gasteiger partial charge in [-0.2, -0.15) is 4.68 Å². The maximum absolute atomic E-state index is 12.2. The summed E-state index contributed by atoms with van der Waals surface area (Å²) in [6, 6.07) is 14.8. The van der Waals surface area contributed by atoms with Gasteiger partial charge in [-0.1, -0.05) is 27.7 Å². The van der Waals surface area contributed by atoms with Gasteiger partial charge in [0.15, 0.2) is 0 Å². The molecule has 0 aliphatic rings. The number of tetrazole rings is 1. The van der Waals surface area contributed by atoms with E-state index in [0.717, 1.165) is 15.9 Å². The topological polar surface area (TPSA) is 81.9 Å². The molecule has 1 amide bonds. The van der Waals surface area contributed by atoms with Crippen molar-refractivity contribution >= 4 is 39.3 Å². The first-order chi connectivity index (χ1) is 12.7. The maximum atomic E-state index is 12.2. The molecule has 0 fully saturated rings. The van der Waals surface area contributed by atoms with Gasteiger partial charge in [0.1, 0.15) is 5.75 Å². The number of amides is 1. The first-order valence-electron chi connectivity index (χ1n) is 7.85. The van der Waals surface area contributed by atoms with Crippen molar-refractivity contribution in [3.63, 3.8) is 0 Å². The molecule has 0 saturated carbocycles. The van der Waals surface area contributed by atoms with E-state index < -0.39 is 0 Å². The van der Waals surface area contributed by atoms with Crippen molar-refractivity contribution < 1.29 is 9.53 Å². The third kappa shape index (κ3) is 4.83. The van der Waals surface area contributed by atoms with E-state index in [9.17, 15) is 4.79 Å². The molecule has 0 saturated heterocycles. The molecule has 0 aliphatic heterocycles. The largest absolute Gasteiger partial charge is 0.494 e. The fourth-order valence-electron chi connectivity index (χ4n) is 2.14. The Bertz CT molecular complexity index is 868. The lowest BCUT2D eigenvalue weighted by molar-refractivity contribution is -0.113. The summed E-state index contributed by atoms with van der Waals surface area (Å²) in [5, 5.41) is 15.0. The lowest BCUT2D eigenvalue weighted by atomic mass is 10.3. The summed E-state index contributed by atoms with van der Waals surface area (Å²) in [4.78, 5) is 12.2. The van der Waals surface area contributed by atoms with Gasteiger partial charge < -0.3 is 10.1 Å². The Morgan fingerprint density at radius 2 is 1.92 bits per heavy atom. The van der Waals surface area contributed by atoms with E-state index in [1.165, 1.54) is 11.8 Å². The van der Waals surface area contributed by atoms with Crippen molar-refractivity contribution in [3.05, 3.63) is 53.0 Å². The number of carbonyl (C=O) groups is 1. The molecule has 7 nitrogen and oxygen atoms in total. The molecule has 2 aromatic carbocycles. The van der Waals surface area contributed by atoms with Crippen LogP contribution in [0.4, 0.5) is 5.69 Å². The van der Waals surface area contributed by atoms with Crippen LogP contribution in [0.1, 0.15) is 6.92 Å². The number of aromatic nitrogens is 4. The van der Waals surface area contributed by atoms with E-state index >= 15 is 0 Å². The number of carbonyl (C=O) groups excluding carboxylic acids is 1. The van der Waals surface area contributed by atoms with Crippen molar-refractivity contribution in [1.82, 2.24) is 20.2 Å². The number of anilines is 1. The average molecular weight is 434 g/mol. The van der Waals surface area contributed by atoms with E-state index in [-0.39, 0.29) is 11.7 Å². The highest BCUT2D eigenvalue weighted by Crippen LogP contribution is 2.21. The van der Waals surface area contributed by atoms with Crippen LogP contribution in [0, 0.1) is 0 Å². The lowest BCUT2D eigenvalue weighted by Crippen LogP contribution is -2.14. The normalized spacial score (nSPS) is 10.5. The first-order valence-corrected chi connectivity index (χ1v) is 9.63. The zero-order valence-electron chi connectivity index (χ0n) is 13.9. The summed E-state index contributed by atoms with van der Waals surface area (Å²) in [7, 11) is 0. The zero-order valence-corrected chi connectivity index (χ0v) is 16.3. The highest BCUT2D eigenvalue weighted by Gasteiger charge is 2.12. The second kappa shape index (κ2) is 8.81. The number of nitrogens with one attached hydrogen (secondary N) is 1. The van der Waals surface area contributed by atoms with Gasteiger partial charge in [-0.15, -0.1) is 5.10 Å². The van der Waals surface area contributed by atoms with E-state index in [4.69, 9.17) is 4.74 Å². The molecule has 0 atom stereocenters. The summed E-state index contributed by atoms with van der Waals surface area (Å²) >= 11 is 4.66. The van der Waals surface area contributed by atoms with Crippen LogP contribution in [0.5, 0.6) is 5.75 Å². The smallest absolute Gasteiger partial charge is 0.234 e. The van der Waals surface area contributed by atoms with Gasteiger partial charge in [-0.3, -0.25) is 4.79 Å². The Morgan fingerprint density at radius 3 is 2.62 bits per heavy atom. The number of benzene rings is 2. The molecule has 1 N–H and O–H groups in total. The molecule has 0 unspecified atom stereocenters. The Labute approximate surface area is 163 Å². The molecule has 1 aromatic heterocycles. The van der Waals surface area contributed by atoms with Gasteiger partial charge in [0.2, 0.25) is 11.1 Å². The predicted octanol–water partition coefficient (Wildman–Crippen LogP) is 3.55. The summed E-state index contributed by atoms with van der Waals surface area (Å²) in [6.07, 6.45) is 0. The second-order valence-corrected chi connectivity index (χ2v) is 7.00. The first kappa shape index (κ1) is 18.4. The third-order valence-electron chi connectivity index (χ3n) is 3.29. The number of ether oxygens (including phenoxy) is 1. The van der Waals surface area contributed by atoms with Gasteiger partial charge in [0.05, 0.1) is 18.0 Å². The molecular weight excluding hydrogens is 418 g/mol. The number of thioether (sulfide) groups is 1. The molecule has 134 valence electrons. The van der Waals surface area contributed by atoms with Gasteiger partial charge in [-0.05, 0) is 65.9 Å². The Kier molecular flexibility index (Phi) is 6.24. The van der Waals surface area contributed by atoms with Crippen LogP contribution in [0.15, 0.2) is 58.2 Å². The van der Waals surface area contributed by atoms with Gasteiger partial charge in [0.25, 0.3) is 0 Å². The van der Waals surface area contributed by atoms with E-state index in [1.807, 2.05) is 43.3 Å². The van der Waals surface area contributed by atoms with Crippen LogP contribution in [-0.2, 0) is 4.79 Å². The van der Waals surface area contributed by atoms with Crippen LogP contribution in [-0.4, -0.2) is 38.5 Å². The second-order valence-electron chi connectivity index (χ2n) is 5.14. The molecule has 1 heterocycles. The number of hydrogen-bond donors (Lipinski definition) is 1. The van der Waals surface area contributed by atoms with Crippen molar-refractivity contribution in [2.75, 3.05) is 17.7 Å². The Hall–Kier alpha value is -2.39. The predicted molar refractivity (Wildman–Crippen MR) is 104 cm³/mol. The summed E-state index contributed by atoms with van der Waals surface area (Å²) in [5.74, 6) is 0.836. The number of rotatable bonds is 7. The molecule has 3 rings (SSSR count). The van der Waals surface area contributed by atoms with Crippen LogP contribution in [0.2, 0.25) is 0 Å². The molecular formula is C17H16BrN5O2S. The number of halogens is 1. The lowest BCUT2D eigenvalue weighted by Gasteiger charge is -2.07. The highest BCUT2D eigenvalue weighted by atomic mass is 79.9. The number of hydrogen-bond acceptors (Lipinski definition) is 6. The van der Waals surface area contributed by atoms with Crippen LogP contribution in [0.25, 0.3) is 5.69 Å². The van der Waals surface area contributed by atoms with Crippen molar-refractivity contribution in [2.24, 2.45) is 0 Å². The van der Waals surface area contributed by atoms with Crippen LogP contribution < -0.4 is 10.1 Å². The fraction of sp³-hybridized carbons (Fsp3) is 0.176. The van der Waals surface area contributed by atoms with Crippen LogP contribution in [0.3, 0.4) is 0 Å². The molecule has 26 heavy (non-hydrogen) atoms. The molecule has 0 spiro atoms. The molecule has 3 aromatic rings. The van der Waals surface area contributed by atoms with Crippen molar-refractivity contribution in [3.8, 4) is 11.4 Å². The van der Waals surface area contributed by atoms with Gasteiger partial charge >= 0.3 is 0 Å². The van der Waals surface area contributed by atoms with Gasteiger partial charge in [0, 0.05) is 10.2 Å². The summed E-state index contributed by atoms with van der Waals surface area (Å²) < 4.78 is 7.95. The molecule has 0 aliphatic carbocycles. The molecule has 0 bridgehead atoms. The average Bonchev–Trinajstić information content (AvgIpc) is 3.11. The van der Waals surface area contributed by atoms with E-state index in [2.05, 4.69) is 36.8 Å². The molecule has 9 heteroatoms. The highest BCUT2D eigenvalue weighted by molar-refractivity contribution is 9.10. The van der Waals surface area contributed by atoms with Crippen molar-refractivity contribution in [2.45, 2.75) is 12.1 Å². The Balaban J connectivity index is 1.58. The SMILES string of the molecule is CCOc1ccc(NC(=O)CSc2nnnn2-c2ccc(Br)cc2)cc1. The number of nitrogens with zero attached hydrogens (tertiary/aromatic N) is 4. The minimum Gasteiger partial charge on any atom is -0.494 e. The van der Waals surface area contributed by atoms with E-state index in [0.29, 0.717) is 17.5 Å². The Morgan fingerprint density at radius 1 is 1.19 bits per heavy atom. The fourth-order valence-corrected chi connectivity index (χ4v) is 3.10. The van der Waals surface area contributed by atoms with E-state index in [1.54, 1.807) is 16.8 Å². The van der Waals surface area contributed by atoms with Crippen molar-refractivity contribution in [1.29, 1.82) is 0 Å². The van der Waals surface area contributed by atoms with Gasteiger partial charge in [-0.25, -0.2) is 0 Å². The quantitative estimate of drug-likeness (QED) is 0.573. The summed E-state index contributed by atoms with van der Waals surface area (Å²) in [5.41, 5.74) is 1.54. The third-order valence-corrected chi connectivity index (χ3v) is 4.74. The standard InChI is InChI=1S/C17H16BrN5O2S/c1-2-25-15-9-5-13(6-10-15)19-16(24)11-26-17-20-21-22-23(17)14-7-3-12(18)4-8-14/h3-10H,2,11H2,1H3,(H,19,24). The summed E-state index contributed by atoms with van der Waals surface area (Å²) in [6.45, 7) is 2.53. The van der Waals surface area contributed by atoms with Crippen LogP contribution >= 0.6 is 27.7 Å². The zero-order chi connectivity index (χ0) is 18.4. The minimum absolute atomic E-state index is 0.135. The molecule has 0 radical (unpaired) electrons. The maximum Gasteiger partial charge on any atom is 0.234 e. The minimum atomic E-state index is -0.135.